The van der Waals surface area contributed by atoms with Crippen molar-refractivity contribution in [2.75, 3.05) is 5.32 Å². The molecular formula is C11H13N3S2. The molecule has 0 saturated carbocycles. The first-order valence-electron chi connectivity index (χ1n) is 5.16. The lowest BCUT2D eigenvalue weighted by Gasteiger charge is -2.15. The second-order valence-electron chi connectivity index (χ2n) is 3.43. The minimum Gasteiger partial charge on any atom is -0.353 e. The summed E-state index contributed by atoms with van der Waals surface area (Å²) in [5, 5.41) is 11.1. The number of rotatable bonds is 4. The van der Waals surface area contributed by atoms with Crippen LogP contribution in [0.1, 0.15) is 24.9 Å². The Labute approximate surface area is 104 Å². The van der Waals surface area contributed by atoms with E-state index in [2.05, 4.69) is 34.6 Å². The molecule has 16 heavy (non-hydrogen) atoms. The number of benzene rings is 1. The minimum absolute atomic E-state index is 0.287. The van der Waals surface area contributed by atoms with Crippen LogP contribution in [0.2, 0.25) is 0 Å². The fourth-order valence-corrected chi connectivity index (χ4v) is 2.39. The van der Waals surface area contributed by atoms with Crippen LogP contribution in [0.25, 0.3) is 0 Å². The molecule has 0 saturated heterocycles. The standard InChI is InChI=1S/C11H13N3S2/c1-2-9(8-6-4-3-5-7-8)12-10-13-14-11(15)16-10/h3-7,9H,2H2,1H3,(H,12,13)(H,14,15). The number of nitrogens with one attached hydrogen (secondary N) is 2. The number of nitrogens with zero attached hydrogens (tertiary/aromatic N) is 1. The molecule has 1 heterocycles. The minimum atomic E-state index is 0.287. The summed E-state index contributed by atoms with van der Waals surface area (Å²) in [5.74, 6) is 0. The van der Waals surface area contributed by atoms with Crippen molar-refractivity contribution in [2.45, 2.75) is 19.4 Å². The van der Waals surface area contributed by atoms with E-state index in [1.807, 2.05) is 18.2 Å². The third kappa shape index (κ3) is 2.68. The zero-order valence-corrected chi connectivity index (χ0v) is 10.6. The lowest BCUT2D eigenvalue weighted by atomic mass is 10.1. The van der Waals surface area contributed by atoms with Gasteiger partial charge in [-0.25, -0.2) is 0 Å². The maximum atomic E-state index is 5.00. The van der Waals surface area contributed by atoms with E-state index >= 15 is 0 Å². The first-order chi connectivity index (χ1) is 7.79. The lowest BCUT2D eigenvalue weighted by molar-refractivity contribution is 0.745. The number of hydrogen-bond acceptors (Lipinski definition) is 4. The molecule has 1 unspecified atom stereocenters. The number of H-pyrrole nitrogens is 1. The van der Waals surface area contributed by atoms with Crippen LogP contribution in [0.4, 0.5) is 5.13 Å². The van der Waals surface area contributed by atoms with Crippen LogP contribution in [0, 0.1) is 3.95 Å². The molecule has 0 aliphatic rings. The highest BCUT2D eigenvalue weighted by Crippen LogP contribution is 2.23. The lowest BCUT2D eigenvalue weighted by Crippen LogP contribution is -2.09. The Bertz CT molecular complexity index is 489. The molecule has 0 aliphatic heterocycles. The topological polar surface area (TPSA) is 40.7 Å². The molecule has 0 aliphatic carbocycles. The number of anilines is 1. The Kier molecular flexibility index (Phi) is 3.69. The summed E-state index contributed by atoms with van der Waals surface area (Å²) in [6.07, 6.45) is 1.01. The number of aromatic amines is 1. The van der Waals surface area contributed by atoms with E-state index in [1.165, 1.54) is 16.9 Å². The summed E-state index contributed by atoms with van der Waals surface area (Å²) in [6.45, 7) is 2.15. The molecule has 3 nitrogen and oxygen atoms in total. The SMILES string of the molecule is CCC(Nc1n[nH]c(=S)s1)c1ccccc1. The molecule has 5 heteroatoms. The van der Waals surface area contributed by atoms with E-state index in [0.29, 0.717) is 3.95 Å². The summed E-state index contributed by atoms with van der Waals surface area (Å²) in [6, 6.07) is 10.6. The fraction of sp³-hybridized carbons (Fsp3) is 0.273. The van der Waals surface area contributed by atoms with Gasteiger partial charge in [0.25, 0.3) is 0 Å². The highest BCUT2D eigenvalue weighted by molar-refractivity contribution is 7.73. The van der Waals surface area contributed by atoms with Crippen LogP contribution < -0.4 is 5.32 Å². The van der Waals surface area contributed by atoms with Crippen LogP contribution in [0.3, 0.4) is 0 Å². The van der Waals surface area contributed by atoms with Gasteiger partial charge in [0.05, 0.1) is 6.04 Å². The summed E-state index contributed by atoms with van der Waals surface area (Å²) in [5.41, 5.74) is 1.27. The van der Waals surface area contributed by atoms with Gasteiger partial charge in [-0.2, -0.15) is 0 Å². The first-order valence-corrected chi connectivity index (χ1v) is 6.39. The van der Waals surface area contributed by atoms with Gasteiger partial charge in [-0.05, 0) is 24.2 Å². The van der Waals surface area contributed by atoms with Crippen LogP contribution >= 0.6 is 23.6 Å². The van der Waals surface area contributed by atoms with Crippen LogP contribution in [-0.2, 0) is 0 Å². The van der Waals surface area contributed by atoms with Crippen molar-refractivity contribution >= 4 is 28.7 Å². The van der Waals surface area contributed by atoms with Crippen LogP contribution in [0.15, 0.2) is 30.3 Å². The smallest absolute Gasteiger partial charge is 0.204 e. The van der Waals surface area contributed by atoms with E-state index in [4.69, 9.17) is 12.2 Å². The molecule has 84 valence electrons. The molecule has 1 aromatic carbocycles. The van der Waals surface area contributed by atoms with E-state index in [0.717, 1.165) is 11.6 Å². The average molecular weight is 251 g/mol. The van der Waals surface area contributed by atoms with Gasteiger partial charge in [-0.15, -0.1) is 5.10 Å². The van der Waals surface area contributed by atoms with Gasteiger partial charge >= 0.3 is 0 Å². The predicted molar refractivity (Wildman–Crippen MR) is 70.4 cm³/mol. The number of aromatic nitrogens is 2. The highest BCUT2D eigenvalue weighted by atomic mass is 32.1. The van der Waals surface area contributed by atoms with E-state index in [-0.39, 0.29) is 6.04 Å². The van der Waals surface area contributed by atoms with Crippen molar-refractivity contribution in [1.82, 2.24) is 10.2 Å². The van der Waals surface area contributed by atoms with Crippen molar-refractivity contribution in [2.24, 2.45) is 0 Å². The predicted octanol–water partition coefficient (Wildman–Crippen LogP) is 3.76. The molecule has 0 bridgehead atoms. The van der Waals surface area contributed by atoms with Gasteiger partial charge in [-0.3, -0.25) is 5.10 Å². The highest BCUT2D eigenvalue weighted by Gasteiger charge is 2.09. The van der Waals surface area contributed by atoms with E-state index in [9.17, 15) is 0 Å². The van der Waals surface area contributed by atoms with E-state index < -0.39 is 0 Å². The van der Waals surface area contributed by atoms with Gasteiger partial charge < -0.3 is 5.32 Å². The molecule has 1 aromatic heterocycles. The Morgan fingerprint density at radius 3 is 2.75 bits per heavy atom. The molecule has 2 aromatic rings. The molecule has 2 N–H and O–H groups in total. The maximum Gasteiger partial charge on any atom is 0.204 e. The number of hydrogen-bond donors (Lipinski definition) is 2. The largest absolute Gasteiger partial charge is 0.353 e. The van der Waals surface area contributed by atoms with Crippen molar-refractivity contribution in [3.8, 4) is 0 Å². The third-order valence-corrected chi connectivity index (χ3v) is 3.37. The molecule has 0 spiro atoms. The molecule has 0 fully saturated rings. The molecular weight excluding hydrogens is 238 g/mol. The van der Waals surface area contributed by atoms with E-state index in [1.54, 1.807) is 0 Å². The van der Waals surface area contributed by atoms with Crippen LogP contribution in [-0.4, -0.2) is 10.2 Å². The Morgan fingerprint density at radius 2 is 2.19 bits per heavy atom. The van der Waals surface area contributed by atoms with Crippen LogP contribution in [0.5, 0.6) is 0 Å². The Morgan fingerprint density at radius 1 is 1.44 bits per heavy atom. The average Bonchev–Trinajstić information content (AvgIpc) is 2.73. The monoisotopic (exact) mass is 251 g/mol. The van der Waals surface area contributed by atoms with Crippen molar-refractivity contribution in [3.63, 3.8) is 0 Å². The molecule has 0 radical (unpaired) electrons. The molecule has 0 amide bonds. The fourth-order valence-electron chi connectivity index (χ4n) is 1.55. The summed E-state index contributed by atoms with van der Waals surface area (Å²) < 4.78 is 0.699. The van der Waals surface area contributed by atoms with Gasteiger partial charge in [0.1, 0.15) is 0 Å². The first kappa shape index (κ1) is 11.3. The normalized spacial score (nSPS) is 12.3. The second kappa shape index (κ2) is 5.23. The quantitative estimate of drug-likeness (QED) is 0.813. The maximum absolute atomic E-state index is 5.00. The molecule has 2 rings (SSSR count). The Balaban J connectivity index is 2.15. The van der Waals surface area contributed by atoms with Crippen molar-refractivity contribution < 1.29 is 0 Å². The summed E-state index contributed by atoms with van der Waals surface area (Å²) in [7, 11) is 0. The summed E-state index contributed by atoms with van der Waals surface area (Å²) >= 11 is 6.46. The van der Waals surface area contributed by atoms with Crippen molar-refractivity contribution in [1.29, 1.82) is 0 Å². The summed E-state index contributed by atoms with van der Waals surface area (Å²) in [4.78, 5) is 0. The zero-order chi connectivity index (χ0) is 11.4. The third-order valence-electron chi connectivity index (χ3n) is 2.35. The van der Waals surface area contributed by atoms with Crippen molar-refractivity contribution in [3.05, 3.63) is 39.8 Å². The Hall–Kier alpha value is -1.20. The van der Waals surface area contributed by atoms with Gasteiger partial charge in [0.15, 0.2) is 3.95 Å². The zero-order valence-electron chi connectivity index (χ0n) is 8.93. The van der Waals surface area contributed by atoms with Gasteiger partial charge in [0.2, 0.25) is 5.13 Å². The van der Waals surface area contributed by atoms with Gasteiger partial charge in [-0.1, -0.05) is 48.6 Å². The van der Waals surface area contributed by atoms with Gasteiger partial charge in [0, 0.05) is 0 Å². The second-order valence-corrected chi connectivity index (χ2v) is 5.10. The molecule has 1 atom stereocenters.